The molecule has 3 N–H and O–H groups in total. The molecule has 0 fully saturated rings. The second kappa shape index (κ2) is 9.36. The number of nitrogens with one attached hydrogen (secondary N) is 1. The van der Waals surface area contributed by atoms with Crippen LogP contribution in [-0.4, -0.2) is 63.6 Å². The summed E-state index contributed by atoms with van der Waals surface area (Å²) < 4.78 is 30.1. The number of nitrogens with zero attached hydrogens (tertiary/aromatic N) is 3. The molecule has 33 heavy (non-hydrogen) atoms. The topological polar surface area (TPSA) is 125 Å². The summed E-state index contributed by atoms with van der Waals surface area (Å²) in [6.45, 7) is 6.74. The Hall–Kier alpha value is -2.56. The van der Waals surface area contributed by atoms with Crippen LogP contribution in [0, 0.1) is 11.8 Å². The van der Waals surface area contributed by atoms with Crippen LogP contribution in [0.15, 0.2) is 39.3 Å². The number of ketones is 1. The number of carbonyl (C=O) groups is 2. The number of rotatable bonds is 7. The summed E-state index contributed by atoms with van der Waals surface area (Å²) in [6, 6.07) is 6.97. The Bertz CT molecular complexity index is 1130. The Labute approximate surface area is 194 Å². The van der Waals surface area contributed by atoms with Gasteiger partial charge in [0.05, 0.1) is 5.69 Å². The molecule has 0 spiro atoms. The van der Waals surface area contributed by atoms with Crippen molar-refractivity contribution in [2.24, 2.45) is 22.0 Å². The monoisotopic (exact) mass is 473 g/mol. The van der Waals surface area contributed by atoms with Crippen LogP contribution in [0.2, 0.25) is 0 Å². The first-order valence-corrected chi connectivity index (χ1v) is 12.9. The number of hydrogen-bond donors (Lipinski definition) is 2. The number of benzene rings is 1. The largest absolute Gasteiger partial charge is 0.344 e. The van der Waals surface area contributed by atoms with E-state index >= 15 is 0 Å². The van der Waals surface area contributed by atoms with Crippen LogP contribution >= 0.6 is 0 Å². The number of amides is 1. The van der Waals surface area contributed by atoms with E-state index in [1.54, 1.807) is 29.2 Å². The maximum absolute atomic E-state index is 13.5. The van der Waals surface area contributed by atoms with Crippen LogP contribution in [0.4, 0.5) is 5.69 Å². The van der Waals surface area contributed by atoms with Gasteiger partial charge in [0, 0.05) is 37.3 Å². The van der Waals surface area contributed by atoms with E-state index in [2.05, 4.69) is 23.6 Å². The molecule has 3 aliphatic rings. The van der Waals surface area contributed by atoms with E-state index in [0.29, 0.717) is 55.5 Å². The van der Waals surface area contributed by atoms with Crippen LogP contribution in [0.3, 0.4) is 0 Å². The highest BCUT2D eigenvalue weighted by Gasteiger charge is 2.45. The molecule has 0 bridgehead atoms. The fourth-order valence-corrected chi connectivity index (χ4v) is 5.80. The quantitative estimate of drug-likeness (QED) is 0.575. The smallest absolute Gasteiger partial charge is 0.283 e. The molecule has 0 saturated heterocycles. The van der Waals surface area contributed by atoms with Gasteiger partial charge in [0.25, 0.3) is 10.0 Å². The number of amidine groups is 1. The molecule has 1 atom stereocenters. The van der Waals surface area contributed by atoms with Crippen molar-refractivity contribution in [2.75, 3.05) is 37.6 Å². The minimum absolute atomic E-state index is 0.0943. The van der Waals surface area contributed by atoms with Gasteiger partial charge < -0.3 is 16.0 Å². The summed E-state index contributed by atoms with van der Waals surface area (Å²) in [5, 5.41) is 3.07. The van der Waals surface area contributed by atoms with Crippen molar-refractivity contribution < 1.29 is 18.0 Å². The van der Waals surface area contributed by atoms with Gasteiger partial charge in [0.2, 0.25) is 5.91 Å². The maximum atomic E-state index is 13.5. The first-order chi connectivity index (χ1) is 15.7. The van der Waals surface area contributed by atoms with E-state index < -0.39 is 27.6 Å². The molecule has 3 heterocycles. The molecule has 1 unspecified atom stereocenters. The minimum Gasteiger partial charge on any atom is -0.344 e. The lowest BCUT2D eigenvalue weighted by molar-refractivity contribution is -0.119. The zero-order valence-corrected chi connectivity index (χ0v) is 19.9. The zero-order chi connectivity index (χ0) is 23.8. The Kier molecular flexibility index (Phi) is 6.69. The van der Waals surface area contributed by atoms with Crippen molar-refractivity contribution in [3.63, 3.8) is 0 Å². The molecule has 1 amide bonds. The molecule has 3 aliphatic heterocycles. The fourth-order valence-electron chi connectivity index (χ4n) is 4.47. The number of fused-ring (bicyclic) bond motifs is 1. The maximum Gasteiger partial charge on any atom is 0.283 e. The predicted molar refractivity (Wildman–Crippen MR) is 127 cm³/mol. The fraction of sp³-hybridized carbons (Fsp3) is 0.522. The highest BCUT2D eigenvalue weighted by molar-refractivity contribution is 7.94. The summed E-state index contributed by atoms with van der Waals surface area (Å²) in [7, 11) is -4.00. The third kappa shape index (κ3) is 4.60. The van der Waals surface area contributed by atoms with Gasteiger partial charge in [0.1, 0.15) is 10.7 Å². The SMILES string of the molecule is CC(C)CCN1C(=O)C(C2=NS(=O)(=O)C3=C(CCN(CCCN)C3)N2)C(=O)c2ccccc21. The Morgan fingerprint density at radius 3 is 2.70 bits per heavy atom. The third-order valence-electron chi connectivity index (χ3n) is 6.31. The van der Waals surface area contributed by atoms with Crippen molar-refractivity contribution in [2.45, 2.75) is 33.1 Å². The van der Waals surface area contributed by atoms with Crippen LogP contribution in [0.5, 0.6) is 0 Å². The van der Waals surface area contributed by atoms with Gasteiger partial charge >= 0.3 is 0 Å². The third-order valence-corrected chi connectivity index (χ3v) is 7.74. The number of hydrogen-bond acceptors (Lipinski definition) is 7. The van der Waals surface area contributed by atoms with Gasteiger partial charge in [0.15, 0.2) is 11.7 Å². The van der Waals surface area contributed by atoms with E-state index in [-0.39, 0.29) is 17.3 Å². The average Bonchev–Trinajstić information content (AvgIpc) is 2.77. The molecule has 0 aliphatic carbocycles. The molecule has 10 heteroatoms. The highest BCUT2D eigenvalue weighted by Crippen LogP contribution is 2.34. The molecule has 0 saturated carbocycles. The lowest BCUT2D eigenvalue weighted by Gasteiger charge is -2.37. The van der Waals surface area contributed by atoms with Gasteiger partial charge in [-0.2, -0.15) is 8.42 Å². The molecule has 1 aromatic rings. The normalized spacial score (nSPS) is 22.7. The second-order valence-electron chi connectivity index (χ2n) is 9.13. The van der Waals surface area contributed by atoms with Crippen molar-refractivity contribution in [3.05, 3.63) is 40.4 Å². The van der Waals surface area contributed by atoms with Crippen molar-refractivity contribution in [1.29, 1.82) is 0 Å². The van der Waals surface area contributed by atoms with Gasteiger partial charge in [-0.15, -0.1) is 4.40 Å². The average molecular weight is 474 g/mol. The number of Topliss-reactive ketones (excluding diaryl/α,β-unsaturated/α-hetero) is 1. The van der Waals surface area contributed by atoms with E-state index in [1.165, 1.54) is 0 Å². The van der Waals surface area contributed by atoms with E-state index in [1.807, 2.05) is 4.90 Å². The Balaban J connectivity index is 1.66. The molecular formula is C23H31N5O4S. The number of anilines is 1. The van der Waals surface area contributed by atoms with Crippen LogP contribution < -0.4 is 16.0 Å². The minimum atomic E-state index is -4.00. The van der Waals surface area contributed by atoms with Crippen LogP contribution in [0.25, 0.3) is 0 Å². The van der Waals surface area contributed by atoms with E-state index in [0.717, 1.165) is 12.8 Å². The van der Waals surface area contributed by atoms with Gasteiger partial charge in [-0.05, 0) is 44.0 Å². The standard InChI is InChI=1S/C23H31N5O4S/c1-15(2)8-13-28-18-7-4-3-6-16(18)21(29)20(23(28)30)22-25-17-9-12-27(11-5-10-24)14-19(17)33(31,32)26-22/h3-4,6-7,15,20H,5,8-14,24H2,1-2H3,(H,25,26). The summed E-state index contributed by atoms with van der Waals surface area (Å²) in [6.07, 6.45) is 2.01. The van der Waals surface area contributed by atoms with Crippen LogP contribution in [0.1, 0.15) is 43.5 Å². The summed E-state index contributed by atoms with van der Waals surface area (Å²) in [4.78, 5) is 30.7. The molecule has 9 nitrogen and oxygen atoms in total. The number of carbonyl (C=O) groups excluding carboxylic acids is 2. The Morgan fingerprint density at radius 1 is 1.21 bits per heavy atom. The van der Waals surface area contributed by atoms with E-state index in [4.69, 9.17) is 5.73 Å². The molecule has 4 rings (SSSR count). The zero-order valence-electron chi connectivity index (χ0n) is 19.1. The number of sulfonamides is 1. The molecule has 0 aromatic heterocycles. The number of para-hydroxylation sites is 1. The predicted octanol–water partition coefficient (Wildman–Crippen LogP) is 1.48. The summed E-state index contributed by atoms with van der Waals surface area (Å²) in [5.74, 6) is -1.90. The summed E-state index contributed by atoms with van der Waals surface area (Å²) >= 11 is 0. The summed E-state index contributed by atoms with van der Waals surface area (Å²) in [5.41, 5.74) is 7.08. The van der Waals surface area contributed by atoms with Crippen molar-refractivity contribution in [1.82, 2.24) is 10.2 Å². The molecule has 0 radical (unpaired) electrons. The van der Waals surface area contributed by atoms with E-state index in [9.17, 15) is 18.0 Å². The van der Waals surface area contributed by atoms with Crippen molar-refractivity contribution >= 4 is 33.2 Å². The highest BCUT2D eigenvalue weighted by atomic mass is 32.2. The van der Waals surface area contributed by atoms with Gasteiger partial charge in [-0.3, -0.25) is 14.5 Å². The Morgan fingerprint density at radius 2 is 1.97 bits per heavy atom. The van der Waals surface area contributed by atoms with Crippen LogP contribution in [-0.2, 0) is 14.8 Å². The van der Waals surface area contributed by atoms with Gasteiger partial charge in [-0.1, -0.05) is 26.0 Å². The molecule has 178 valence electrons. The molecular weight excluding hydrogens is 442 g/mol. The first-order valence-electron chi connectivity index (χ1n) is 11.4. The lowest BCUT2D eigenvalue weighted by Crippen LogP contribution is -2.53. The van der Waals surface area contributed by atoms with Crippen molar-refractivity contribution in [3.8, 4) is 0 Å². The lowest BCUT2D eigenvalue weighted by atomic mass is 9.88. The number of nitrogens with two attached hydrogens (primary N) is 1. The molecule has 1 aromatic carbocycles. The second-order valence-corrected chi connectivity index (χ2v) is 10.8. The van der Waals surface area contributed by atoms with Gasteiger partial charge in [-0.25, -0.2) is 0 Å². The first kappa shape index (κ1) is 23.6.